The van der Waals surface area contributed by atoms with Crippen molar-refractivity contribution >= 4 is 11.6 Å². The van der Waals surface area contributed by atoms with Crippen LogP contribution in [0.5, 0.6) is 0 Å². The maximum absolute atomic E-state index is 12.9. The third-order valence-electron chi connectivity index (χ3n) is 5.35. The molecule has 2 aromatic rings. The van der Waals surface area contributed by atoms with Gasteiger partial charge in [0.25, 0.3) is 0 Å². The highest BCUT2D eigenvalue weighted by atomic mass is 16.1. The molecule has 25 heavy (non-hydrogen) atoms. The molecule has 3 nitrogen and oxygen atoms in total. The van der Waals surface area contributed by atoms with Crippen LogP contribution in [0.25, 0.3) is 0 Å². The molecule has 0 aromatic heterocycles. The van der Waals surface area contributed by atoms with Crippen LogP contribution in [-0.2, 0) is 16.0 Å². The lowest BCUT2D eigenvalue weighted by molar-refractivity contribution is -0.124. The van der Waals surface area contributed by atoms with Gasteiger partial charge in [0.15, 0.2) is 0 Å². The number of carbonyl (C=O) groups excluding carboxylic acids is 2. The Kier molecular flexibility index (Phi) is 5.14. The van der Waals surface area contributed by atoms with Gasteiger partial charge in [-0.1, -0.05) is 55.5 Å². The molecule has 1 aliphatic carbocycles. The van der Waals surface area contributed by atoms with Gasteiger partial charge in [0.1, 0.15) is 11.6 Å². The number of hydrogen-bond donors (Lipinski definition) is 1. The highest BCUT2D eigenvalue weighted by Gasteiger charge is 2.31. The number of carbonyl (C=O) groups is 2. The van der Waals surface area contributed by atoms with Crippen LogP contribution in [0.2, 0.25) is 0 Å². The zero-order valence-electron chi connectivity index (χ0n) is 14.9. The van der Waals surface area contributed by atoms with E-state index in [-0.39, 0.29) is 29.4 Å². The highest BCUT2D eigenvalue weighted by Crippen LogP contribution is 2.40. The number of fused-ring (bicyclic) bond motifs is 2. The summed E-state index contributed by atoms with van der Waals surface area (Å²) in [6.07, 6.45) is 1.26. The van der Waals surface area contributed by atoms with Gasteiger partial charge in [-0.2, -0.15) is 0 Å². The van der Waals surface area contributed by atoms with Crippen molar-refractivity contribution in [2.24, 2.45) is 5.73 Å². The van der Waals surface area contributed by atoms with E-state index in [2.05, 4.69) is 25.1 Å². The van der Waals surface area contributed by atoms with Gasteiger partial charge in [0.2, 0.25) is 0 Å². The normalized spacial score (nSPS) is 22.3. The summed E-state index contributed by atoms with van der Waals surface area (Å²) >= 11 is 0. The molecule has 3 heteroatoms. The van der Waals surface area contributed by atoms with E-state index in [1.54, 1.807) is 0 Å². The number of ketones is 2. The van der Waals surface area contributed by atoms with Gasteiger partial charge in [-0.25, -0.2) is 0 Å². The first-order valence-corrected chi connectivity index (χ1v) is 8.93. The molecule has 0 radical (unpaired) electrons. The Morgan fingerprint density at radius 1 is 0.960 bits per heavy atom. The smallest absolute Gasteiger partial charge is 0.141 e. The molecule has 0 heterocycles. The summed E-state index contributed by atoms with van der Waals surface area (Å²) in [7, 11) is 0. The molecule has 0 saturated heterocycles. The molecular weight excluding hydrogens is 310 g/mol. The predicted octanol–water partition coefficient (Wildman–Crippen LogP) is 4.07. The molecule has 3 rings (SSSR count). The van der Waals surface area contributed by atoms with Gasteiger partial charge in [0, 0.05) is 30.7 Å². The van der Waals surface area contributed by atoms with Gasteiger partial charge in [-0.3, -0.25) is 4.79 Å². The van der Waals surface area contributed by atoms with Gasteiger partial charge in [-0.15, -0.1) is 0 Å². The van der Waals surface area contributed by atoms with E-state index in [0.29, 0.717) is 19.3 Å². The lowest BCUT2D eigenvalue weighted by Crippen LogP contribution is -2.26. The molecule has 1 aliphatic rings. The minimum Gasteiger partial charge on any atom is -0.323 e. The summed E-state index contributed by atoms with van der Waals surface area (Å²) in [4.78, 5) is 24.3. The SMILES string of the molecule is CC(=O)CCC(=O)C1Cc2ccccc2C(N)C(C)c2ccccc21. The molecule has 2 aromatic carbocycles. The topological polar surface area (TPSA) is 60.2 Å². The van der Waals surface area contributed by atoms with E-state index >= 15 is 0 Å². The minimum absolute atomic E-state index is 0.0586. The standard InChI is InChI=1S/C22H25NO2/c1-14(24)11-12-21(25)20-13-16-7-3-4-9-18(16)22(23)15(2)17-8-5-6-10-19(17)20/h3-10,15,20,22H,11-13,23H2,1-2H3. The average molecular weight is 335 g/mol. The van der Waals surface area contributed by atoms with Gasteiger partial charge >= 0.3 is 0 Å². The van der Waals surface area contributed by atoms with Gasteiger partial charge in [-0.05, 0) is 35.6 Å². The van der Waals surface area contributed by atoms with Crippen LogP contribution in [0.15, 0.2) is 48.5 Å². The van der Waals surface area contributed by atoms with Crippen LogP contribution in [0, 0.1) is 0 Å². The van der Waals surface area contributed by atoms with Gasteiger partial charge < -0.3 is 10.5 Å². The second kappa shape index (κ2) is 7.32. The van der Waals surface area contributed by atoms with Crippen LogP contribution in [-0.4, -0.2) is 11.6 Å². The van der Waals surface area contributed by atoms with E-state index < -0.39 is 0 Å². The molecule has 0 aliphatic heterocycles. The predicted molar refractivity (Wildman–Crippen MR) is 99.6 cm³/mol. The molecule has 0 spiro atoms. The monoisotopic (exact) mass is 335 g/mol. The van der Waals surface area contributed by atoms with Crippen molar-refractivity contribution in [2.75, 3.05) is 0 Å². The largest absolute Gasteiger partial charge is 0.323 e. The van der Waals surface area contributed by atoms with Crippen molar-refractivity contribution in [3.8, 4) is 0 Å². The Morgan fingerprint density at radius 2 is 1.56 bits per heavy atom. The molecular formula is C22H25NO2. The molecule has 0 fully saturated rings. The number of Topliss-reactive ketones (excluding diaryl/α,β-unsaturated/α-hetero) is 2. The first-order valence-electron chi connectivity index (χ1n) is 8.93. The zero-order chi connectivity index (χ0) is 18.0. The second-order valence-electron chi connectivity index (χ2n) is 7.07. The third kappa shape index (κ3) is 3.57. The van der Waals surface area contributed by atoms with Crippen LogP contribution < -0.4 is 5.73 Å². The molecule has 130 valence electrons. The van der Waals surface area contributed by atoms with E-state index in [1.165, 1.54) is 6.92 Å². The fourth-order valence-electron chi connectivity index (χ4n) is 3.84. The Bertz CT molecular complexity index is 796. The summed E-state index contributed by atoms with van der Waals surface area (Å²) in [5.74, 6) is 0.107. The Labute approximate surface area is 149 Å². The van der Waals surface area contributed by atoms with Crippen molar-refractivity contribution < 1.29 is 9.59 Å². The number of rotatable bonds is 4. The maximum atomic E-state index is 12.9. The number of benzene rings is 2. The molecule has 3 unspecified atom stereocenters. The van der Waals surface area contributed by atoms with E-state index in [4.69, 9.17) is 5.73 Å². The Morgan fingerprint density at radius 3 is 2.24 bits per heavy atom. The Balaban J connectivity index is 2.07. The zero-order valence-corrected chi connectivity index (χ0v) is 14.9. The van der Waals surface area contributed by atoms with Crippen molar-refractivity contribution in [2.45, 2.75) is 51.0 Å². The van der Waals surface area contributed by atoms with Crippen LogP contribution in [0.3, 0.4) is 0 Å². The van der Waals surface area contributed by atoms with Crippen LogP contribution in [0.4, 0.5) is 0 Å². The molecule has 2 N–H and O–H groups in total. The van der Waals surface area contributed by atoms with Gasteiger partial charge in [0.05, 0.1) is 0 Å². The Hall–Kier alpha value is -2.26. The quantitative estimate of drug-likeness (QED) is 0.916. The van der Waals surface area contributed by atoms with E-state index in [1.807, 2.05) is 30.3 Å². The summed E-state index contributed by atoms with van der Waals surface area (Å²) in [6.45, 7) is 3.67. The van der Waals surface area contributed by atoms with Crippen LogP contribution in [0.1, 0.15) is 66.8 Å². The summed E-state index contributed by atoms with van der Waals surface area (Å²) < 4.78 is 0. The number of hydrogen-bond acceptors (Lipinski definition) is 3. The molecule has 0 amide bonds. The van der Waals surface area contributed by atoms with E-state index in [9.17, 15) is 9.59 Å². The fourth-order valence-corrected chi connectivity index (χ4v) is 3.84. The minimum atomic E-state index is -0.216. The molecule has 3 atom stereocenters. The average Bonchev–Trinajstić information content (AvgIpc) is 2.62. The van der Waals surface area contributed by atoms with E-state index in [0.717, 1.165) is 22.3 Å². The fraction of sp³-hybridized carbons (Fsp3) is 0.364. The van der Waals surface area contributed by atoms with Crippen molar-refractivity contribution in [3.05, 3.63) is 70.8 Å². The van der Waals surface area contributed by atoms with Crippen molar-refractivity contribution in [1.29, 1.82) is 0 Å². The van der Waals surface area contributed by atoms with Crippen molar-refractivity contribution in [3.63, 3.8) is 0 Å². The first-order chi connectivity index (χ1) is 12.0. The summed E-state index contributed by atoms with van der Waals surface area (Å²) in [6, 6.07) is 16.2. The second-order valence-corrected chi connectivity index (χ2v) is 7.07. The van der Waals surface area contributed by atoms with Crippen molar-refractivity contribution in [1.82, 2.24) is 0 Å². The lowest BCUT2D eigenvalue weighted by atomic mass is 9.74. The lowest BCUT2D eigenvalue weighted by Gasteiger charge is -2.31. The highest BCUT2D eigenvalue weighted by molar-refractivity contribution is 5.90. The summed E-state index contributed by atoms with van der Waals surface area (Å²) in [5, 5.41) is 0. The first kappa shape index (κ1) is 17.6. The van der Waals surface area contributed by atoms with Crippen LogP contribution >= 0.6 is 0 Å². The maximum Gasteiger partial charge on any atom is 0.141 e. The molecule has 0 bridgehead atoms. The number of nitrogens with two attached hydrogens (primary N) is 1. The summed E-state index contributed by atoms with van der Waals surface area (Å²) in [5.41, 5.74) is 11.0. The third-order valence-corrected chi connectivity index (χ3v) is 5.35. The molecule has 0 saturated carbocycles.